The van der Waals surface area contributed by atoms with E-state index in [0.29, 0.717) is 11.0 Å². The first-order chi connectivity index (χ1) is 10.2. The molecule has 0 bridgehead atoms. The summed E-state index contributed by atoms with van der Waals surface area (Å²) in [6.45, 7) is 0.582. The lowest BCUT2D eigenvalue weighted by Crippen LogP contribution is -2.00. The second kappa shape index (κ2) is 6.05. The second-order valence-corrected chi connectivity index (χ2v) is 5.35. The first-order valence-electron chi connectivity index (χ1n) is 6.35. The highest BCUT2D eigenvalue weighted by molar-refractivity contribution is 9.10. The lowest BCUT2D eigenvalue weighted by Gasteiger charge is -2.08. The molecule has 0 saturated carbocycles. The largest absolute Gasteiger partial charge is 0.381 e. The van der Waals surface area contributed by atoms with Crippen LogP contribution in [-0.2, 0) is 6.54 Å². The van der Waals surface area contributed by atoms with E-state index < -0.39 is 0 Å². The Morgan fingerprint density at radius 2 is 2.14 bits per heavy atom. The number of nitrogens with zero attached hydrogens (tertiary/aromatic N) is 2. The highest BCUT2D eigenvalue weighted by Crippen LogP contribution is 2.23. The number of hydrogen-bond donors (Lipinski definition) is 2. The summed E-state index contributed by atoms with van der Waals surface area (Å²) in [5.74, 6) is -0.278. The number of benzene rings is 1. The molecule has 3 aromatic rings. The van der Waals surface area contributed by atoms with Crippen molar-refractivity contribution in [3.63, 3.8) is 0 Å². The van der Waals surface area contributed by atoms with Crippen LogP contribution >= 0.6 is 15.9 Å². The average molecular weight is 347 g/mol. The minimum Gasteiger partial charge on any atom is -0.381 e. The van der Waals surface area contributed by atoms with Gasteiger partial charge in [-0.25, -0.2) is 4.39 Å². The molecule has 0 radical (unpaired) electrons. The molecule has 0 aliphatic rings. The van der Waals surface area contributed by atoms with Gasteiger partial charge in [-0.15, -0.1) is 0 Å². The molecule has 0 aliphatic heterocycles. The van der Waals surface area contributed by atoms with Crippen molar-refractivity contribution in [1.29, 1.82) is 0 Å². The maximum atomic E-state index is 13.2. The van der Waals surface area contributed by atoms with Crippen molar-refractivity contribution < 1.29 is 4.39 Å². The molecule has 4 nitrogen and oxygen atoms in total. The van der Waals surface area contributed by atoms with Crippen molar-refractivity contribution in [3.05, 3.63) is 64.8 Å². The Morgan fingerprint density at radius 1 is 1.24 bits per heavy atom. The topological polar surface area (TPSA) is 53.6 Å². The van der Waals surface area contributed by atoms with Crippen LogP contribution < -0.4 is 5.32 Å². The normalized spacial score (nSPS) is 10.6. The van der Waals surface area contributed by atoms with Crippen molar-refractivity contribution in [2.24, 2.45) is 0 Å². The molecule has 0 fully saturated rings. The number of H-pyrrole nitrogens is 1. The van der Waals surface area contributed by atoms with E-state index in [1.165, 1.54) is 6.07 Å². The maximum Gasteiger partial charge on any atom is 0.137 e. The minimum atomic E-state index is -0.278. The van der Waals surface area contributed by atoms with Crippen LogP contribution in [0.2, 0.25) is 0 Å². The molecule has 1 aromatic carbocycles. The van der Waals surface area contributed by atoms with Crippen LogP contribution in [0, 0.1) is 5.82 Å². The monoisotopic (exact) mass is 346 g/mol. The van der Waals surface area contributed by atoms with Crippen LogP contribution in [0.25, 0.3) is 11.3 Å². The van der Waals surface area contributed by atoms with Crippen LogP contribution in [0.3, 0.4) is 0 Å². The zero-order chi connectivity index (χ0) is 14.7. The third kappa shape index (κ3) is 3.11. The summed E-state index contributed by atoms with van der Waals surface area (Å²) < 4.78 is 13.6. The van der Waals surface area contributed by atoms with Gasteiger partial charge >= 0.3 is 0 Å². The summed E-state index contributed by atoms with van der Waals surface area (Å²) in [6, 6.07) is 8.68. The van der Waals surface area contributed by atoms with Gasteiger partial charge < -0.3 is 5.32 Å². The first kappa shape index (κ1) is 13.8. The Morgan fingerprint density at radius 3 is 2.90 bits per heavy atom. The summed E-state index contributed by atoms with van der Waals surface area (Å²) in [5, 5.41) is 10.3. The van der Waals surface area contributed by atoms with Crippen molar-refractivity contribution in [3.8, 4) is 11.3 Å². The van der Waals surface area contributed by atoms with Crippen molar-refractivity contribution in [1.82, 2.24) is 15.2 Å². The molecular weight excluding hydrogens is 335 g/mol. The molecule has 0 amide bonds. The number of rotatable bonds is 4. The number of pyridine rings is 1. The van der Waals surface area contributed by atoms with E-state index in [1.807, 2.05) is 12.1 Å². The Kier molecular flexibility index (Phi) is 3.96. The van der Waals surface area contributed by atoms with Gasteiger partial charge in [0.15, 0.2) is 0 Å². The van der Waals surface area contributed by atoms with E-state index in [4.69, 9.17) is 0 Å². The van der Waals surface area contributed by atoms with Gasteiger partial charge in [-0.2, -0.15) is 5.10 Å². The number of aromatic nitrogens is 3. The van der Waals surface area contributed by atoms with Crippen LogP contribution in [-0.4, -0.2) is 15.2 Å². The van der Waals surface area contributed by atoms with Gasteiger partial charge in [0.1, 0.15) is 5.82 Å². The van der Waals surface area contributed by atoms with E-state index in [0.717, 1.165) is 22.5 Å². The summed E-state index contributed by atoms with van der Waals surface area (Å²) in [4.78, 5) is 4.11. The van der Waals surface area contributed by atoms with Gasteiger partial charge in [0.25, 0.3) is 0 Å². The van der Waals surface area contributed by atoms with Crippen LogP contribution in [0.1, 0.15) is 5.56 Å². The molecule has 2 aromatic heterocycles. The lowest BCUT2D eigenvalue weighted by atomic mass is 10.1. The standard InChI is InChI=1S/C15H12BrFN4/c16-13-6-12(3-4-14(13)17)19-8-11-9-20-21-15(11)10-2-1-5-18-7-10/h1-7,9,19H,8H2,(H,20,21). The lowest BCUT2D eigenvalue weighted by molar-refractivity contribution is 0.621. The van der Waals surface area contributed by atoms with E-state index in [1.54, 1.807) is 30.7 Å². The van der Waals surface area contributed by atoms with Gasteiger partial charge in [0.2, 0.25) is 0 Å². The smallest absolute Gasteiger partial charge is 0.137 e. The molecule has 3 rings (SSSR count). The van der Waals surface area contributed by atoms with Gasteiger partial charge in [0.05, 0.1) is 16.4 Å². The number of nitrogens with one attached hydrogen (secondary N) is 2. The molecule has 2 heterocycles. The van der Waals surface area contributed by atoms with E-state index in [-0.39, 0.29) is 5.82 Å². The molecule has 0 spiro atoms. The van der Waals surface area contributed by atoms with Crippen LogP contribution in [0.5, 0.6) is 0 Å². The van der Waals surface area contributed by atoms with Crippen molar-refractivity contribution in [2.45, 2.75) is 6.54 Å². The fourth-order valence-corrected chi connectivity index (χ4v) is 2.39. The Balaban J connectivity index is 1.77. The molecule has 6 heteroatoms. The average Bonchev–Trinajstić information content (AvgIpc) is 2.98. The molecule has 2 N–H and O–H groups in total. The predicted octanol–water partition coefficient (Wildman–Crippen LogP) is 3.99. The highest BCUT2D eigenvalue weighted by Gasteiger charge is 2.08. The zero-order valence-electron chi connectivity index (χ0n) is 11.0. The second-order valence-electron chi connectivity index (χ2n) is 4.49. The van der Waals surface area contributed by atoms with Crippen molar-refractivity contribution in [2.75, 3.05) is 5.32 Å². The summed E-state index contributed by atoms with van der Waals surface area (Å²) in [5.41, 5.74) is 3.76. The fourth-order valence-electron chi connectivity index (χ4n) is 2.01. The predicted molar refractivity (Wildman–Crippen MR) is 83.2 cm³/mol. The Hall–Kier alpha value is -2.21. The SMILES string of the molecule is Fc1ccc(NCc2cn[nH]c2-c2cccnc2)cc1Br. The zero-order valence-corrected chi connectivity index (χ0v) is 12.6. The van der Waals surface area contributed by atoms with E-state index in [9.17, 15) is 4.39 Å². The van der Waals surface area contributed by atoms with Crippen molar-refractivity contribution >= 4 is 21.6 Å². The van der Waals surface area contributed by atoms with E-state index >= 15 is 0 Å². The van der Waals surface area contributed by atoms with Gasteiger partial charge in [-0.05, 0) is 46.3 Å². The van der Waals surface area contributed by atoms with E-state index in [2.05, 4.69) is 36.4 Å². The third-order valence-electron chi connectivity index (χ3n) is 3.07. The fraction of sp³-hybridized carbons (Fsp3) is 0.0667. The molecule has 21 heavy (non-hydrogen) atoms. The summed E-state index contributed by atoms with van der Waals surface area (Å²) in [7, 11) is 0. The first-order valence-corrected chi connectivity index (χ1v) is 7.15. The number of aromatic amines is 1. The number of halogens is 2. The quantitative estimate of drug-likeness (QED) is 0.751. The summed E-state index contributed by atoms with van der Waals surface area (Å²) in [6.07, 6.45) is 5.28. The molecular formula is C15H12BrFN4. The Bertz CT molecular complexity index is 742. The molecule has 0 saturated heterocycles. The highest BCUT2D eigenvalue weighted by atomic mass is 79.9. The maximum absolute atomic E-state index is 13.2. The molecule has 106 valence electrons. The molecule has 0 aliphatic carbocycles. The van der Waals surface area contributed by atoms with Crippen LogP contribution in [0.4, 0.5) is 10.1 Å². The minimum absolute atomic E-state index is 0.278. The Labute approximate surface area is 129 Å². The molecule has 0 unspecified atom stereocenters. The third-order valence-corrected chi connectivity index (χ3v) is 3.68. The van der Waals surface area contributed by atoms with Gasteiger partial charge in [-0.3, -0.25) is 10.1 Å². The number of hydrogen-bond acceptors (Lipinski definition) is 3. The number of anilines is 1. The van der Waals surface area contributed by atoms with Crippen LogP contribution in [0.15, 0.2) is 53.4 Å². The molecule has 0 atom stereocenters. The summed E-state index contributed by atoms with van der Waals surface area (Å²) >= 11 is 3.17. The van der Waals surface area contributed by atoms with Gasteiger partial charge in [-0.1, -0.05) is 0 Å². The van der Waals surface area contributed by atoms with Gasteiger partial charge in [0, 0.05) is 35.8 Å².